The van der Waals surface area contributed by atoms with Gasteiger partial charge in [-0.15, -0.1) is 0 Å². The minimum atomic E-state index is -0.219. The second kappa shape index (κ2) is 6.51. The summed E-state index contributed by atoms with van der Waals surface area (Å²) in [4.78, 5) is 24.0. The summed E-state index contributed by atoms with van der Waals surface area (Å²) in [5.41, 5.74) is 1.13. The number of hydrogen-bond donors (Lipinski definition) is 1. The molecule has 0 radical (unpaired) electrons. The minimum Gasteiger partial charge on any atom is -0.486 e. The Hall–Kier alpha value is -2.83. The van der Waals surface area contributed by atoms with Crippen LogP contribution in [0.15, 0.2) is 30.6 Å². The molecule has 0 saturated carbocycles. The van der Waals surface area contributed by atoms with Crippen molar-refractivity contribution in [3.63, 3.8) is 0 Å². The average Bonchev–Trinajstić information content (AvgIpc) is 2.97. The molecular weight excluding hydrogens is 298 g/mol. The third kappa shape index (κ3) is 3.68. The molecule has 0 spiro atoms. The number of nitrogens with zero attached hydrogens (tertiary/aromatic N) is 2. The summed E-state index contributed by atoms with van der Waals surface area (Å²) in [6.45, 7) is 0.979. The summed E-state index contributed by atoms with van der Waals surface area (Å²) in [5, 5.41) is 6.66. The number of fused-ring (bicyclic) bond motifs is 1. The maximum atomic E-state index is 12.2. The molecule has 1 aliphatic heterocycles. The van der Waals surface area contributed by atoms with E-state index in [1.165, 1.54) is 0 Å². The molecule has 2 aromatic rings. The number of rotatable bonds is 5. The first-order valence-electron chi connectivity index (χ1n) is 7.33. The highest BCUT2D eigenvalue weighted by molar-refractivity contribution is 6.00. The van der Waals surface area contributed by atoms with Crippen molar-refractivity contribution >= 4 is 17.4 Å². The highest BCUT2D eigenvalue weighted by atomic mass is 16.6. The largest absolute Gasteiger partial charge is 0.486 e. The van der Waals surface area contributed by atoms with Gasteiger partial charge in [0.15, 0.2) is 17.3 Å². The number of benzene rings is 1. The maximum Gasteiger partial charge on any atom is 0.224 e. The van der Waals surface area contributed by atoms with E-state index >= 15 is 0 Å². The van der Waals surface area contributed by atoms with Crippen LogP contribution in [0.2, 0.25) is 0 Å². The van der Waals surface area contributed by atoms with Crippen molar-refractivity contribution < 1.29 is 19.1 Å². The third-order valence-corrected chi connectivity index (χ3v) is 3.43. The normalized spacial score (nSPS) is 12.7. The fraction of sp³-hybridized carbons (Fsp3) is 0.312. The van der Waals surface area contributed by atoms with Gasteiger partial charge in [-0.2, -0.15) is 5.10 Å². The molecule has 0 aliphatic carbocycles. The number of nitrogens with one attached hydrogen (secondary N) is 1. The number of aromatic nitrogens is 2. The number of anilines is 1. The summed E-state index contributed by atoms with van der Waals surface area (Å²) in [7, 11) is 1.76. The summed E-state index contributed by atoms with van der Waals surface area (Å²) in [6.07, 6.45) is 3.50. The van der Waals surface area contributed by atoms with E-state index in [-0.39, 0.29) is 24.5 Å². The van der Waals surface area contributed by atoms with Gasteiger partial charge in [0, 0.05) is 31.6 Å². The first kappa shape index (κ1) is 15.1. The first-order valence-corrected chi connectivity index (χ1v) is 7.33. The number of ether oxygens (including phenoxy) is 2. The zero-order valence-electron chi connectivity index (χ0n) is 12.7. The molecule has 1 aliphatic rings. The molecule has 7 nitrogen and oxygen atoms in total. The number of aryl methyl sites for hydroxylation is 1. The predicted octanol–water partition coefficient (Wildman–Crippen LogP) is 1.79. The second-order valence-corrected chi connectivity index (χ2v) is 5.23. The summed E-state index contributed by atoms with van der Waals surface area (Å²) >= 11 is 0. The van der Waals surface area contributed by atoms with E-state index in [0.717, 1.165) is 0 Å². The monoisotopic (exact) mass is 315 g/mol. The van der Waals surface area contributed by atoms with Gasteiger partial charge in [-0.25, -0.2) is 0 Å². The zero-order chi connectivity index (χ0) is 16.2. The highest BCUT2D eigenvalue weighted by Gasteiger charge is 2.16. The number of Topliss-reactive ketones (excluding diaryl/α,β-unsaturated/α-hetero) is 1. The summed E-state index contributed by atoms with van der Waals surface area (Å²) in [5.74, 6) is 0.885. The Balaban J connectivity index is 1.55. The summed E-state index contributed by atoms with van der Waals surface area (Å²) < 4.78 is 12.5. The molecule has 0 bridgehead atoms. The van der Waals surface area contributed by atoms with Crippen molar-refractivity contribution in [2.45, 2.75) is 12.8 Å². The minimum absolute atomic E-state index is 0.108. The Bertz CT molecular complexity index is 739. The van der Waals surface area contributed by atoms with E-state index in [0.29, 0.717) is 36.0 Å². The third-order valence-electron chi connectivity index (χ3n) is 3.43. The van der Waals surface area contributed by atoms with Gasteiger partial charge < -0.3 is 14.8 Å². The molecule has 23 heavy (non-hydrogen) atoms. The molecule has 1 amide bonds. The number of carbonyl (C=O) groups excluding carboxylic acids is 2. The number of carbonyl (C=O) groups is 2. The topological polar surface area (TPSA) is 82.5 Å². The zero-order valence-corrected chi connectivity index (χ0v) is 12.7. The Morgan fingerprint density at radius 1 is 1.22 bits per heavy atom. The van der Waals surface area contributed by atoms with Crippen LogP contribution in [0.4, 0.5) is 5.69 Å². The van der Waals surface area contributed by atoms with Crippen molar-refractivity contribution in [3.8, 4) is 11.5 Å². The van der Waals surface area contributed by atoms with Crippen LogP contribution in [0.25, 0.3) is 0 Å². The Morgan fingerprint density at radius 3 is 2.74 bits per heavy atom. The molecule has 0 unspecified atom stereocenters. The van der Waals surface area contributed by atoms with Crippen LogP contribution in [-0.2, 0) is 11.8 Å². The lowest BCUT2D eigenvalue weighted by molar-refractivity contribution is -0.116. The van der Waals surface area contributed by atoms with Crippen molar-refractivity contribution in [1.82, 2.24) is 9.78 Å². The number of ketones is 1. The van der Waals surface area contributed by atoms with Crippen LogP contribution < -0.4 is 14.8 Å². The van der Waals surface area contributed by atoms with Crippen LogP contribution in [0.3, 0.4) is 0 Å². The van der Waals surface area contributed by atoms with Crippen LogP contribution in [0.5, 0.6) is 11.5 Å². The molecule has 7 heteroatoms. The molecule has 0 saturated heterocycles. The molecule has 3 rings (SSSR count). The maximum absolute atomic E-state index is 12.2. The lowest BCUT2D eigenvalue weighted by Gasteiger charge is -2.18. The van der Waals surface area contributed by atoms with Gasteiger partial charge in [0.2, 0.25) is 5.91 Å². The van der Waals surface area contributed by atoms with E-state index in [9.17, 15) is 9.59 Å². The van der Waals surface area contributed by atoms with Gasteiger partial charge in [-0.1, -0.05) is 0 Å². The molecule has 1 aromatic carbocycles. The number of amides is 1. The van der Waals surface area contributed by atoms with Crippen LogP contribution in [0, 0.1) is 0 Å². The van der Waals surface area contributed by atoms with Crippen LogP contribution in [-0.4, -0.2) is 34.7 Å². The van der Waals surface area contributed by atoms with Gasteiger partial charge in [-0.3, -0.25) is 14.3 Å². The van der Waals surface area contributed by atoms with E-state index < -0.39 is 0 Å². The fourth-order valence-electron chi connectivity index (χ4n) is 2.30. The highest BCUT2D eigenvalue weighted by Crippen LogP contribution is 2.31. The van der Waals surface area contributed by atoms with Crippen molar-refractivity contribution in [1.29, 1.82) is 0 Å². The van der Waals surface area contributed by atoms with Gasteiger partial charge >= 0.3 is 0 Å². The smallest absolute Gasteiger partial charge is 0.224 e. The van der Waals surface area contributed by atoms with Gasteiger partial charge in [0.1, 0.15) is 13.2 Å². The van der Waals surface area contributed by atoms with Gasteiger partial charge in [-0.05, 0) is 18.2 Å². The standard InChI is InChI=1S/C16H17N3O4/c1-19-10-12(9-17-19)18-16(21)5-3-13(20)11-2-4-14-15(8-11)23-7-6-22-14/h2,4,8-10H,3,5-7H2,1H3,(H,18,21). The molecular formula is C16H17N3O4. The van der Waals surface area contributed by atoms with E-state index in [4.69, 9.17) is 9.47 Å². The summed E-state index contributed by atoms with van der Waals surface area (Å²) in [6, 6.07) is 5.07. The molecule has 2 heterocycles. The van der Waals surface area contributed by atoms with E-state index in [2.05, 4.69) is 10.4 Å². The van der Waals surface area contributed by atoms with Gasteiger partial charge in [0.25, 0.3) is 0 Å². The van der Waals surface area contributed by atoms with Crippen molar-refractivity contribution in [3.05, 3.63) is 36.2 Å². The fourth-order valence-corrected chi connectivity index (χ4v) is 2.30. The lowest BCUT2D eigenvalue weighted by Crippen LogP contribution is -2.16. The SMILES string of the molecule is Cn1cc(NC(=O)CCC(=O)c2ccc3c(c2)OCCO3)cn1. The van der Waals surface area contributed by atoms with E-state index in [1.54, 1.807) is 42.3 Å². The van der Waals surface area contributed by atoms with E-state index in [1.807, 2.05) is 0 Å². The quantitative estimate of drug-likeness (QED) is 0.851. The number of hydrogen-bond acceptors (Lipinski definition) is 5. The lowest BCUT2D eigenvalue weighted by atomic mass is 10.1. The molecule has 0 fully saturated rings. The molecule has 1 N–H and O–H groups in total. The van der Waals surface area contributed by atoms with Crippen molar-refractivity contribution in [2.75, 3.05) is 18.5 Å². The Labute approximate surface area is 133 Å². The molecule has 120 valence electrons. The van der Waals surface area contributed by atoms with Crippen molar-refractivity contribution in [2.24, 2.45) is 7.05 Å². The van der Waals surface area contributed by atoms with Crippen LogP contribution in [0.1, 0.15) is 23.2 Å². The average molecular weight is 315 g/mol. The predicted molar refractivity (Wildman–Crippen MR) is 82.8 cm³/mol. The van der Waals surface area contributed by atoms with Crippen LogP contribution >= 0.6 is 0 Å². The second-order valence-electron chi connectivity index (χ2n) is 5.23. The molecule has 0 atom stereocenters. The Kier molecular flexibility index (Phi) is 4.27. The van der Waals surface area contributed by atoms with Gasteiger partial charge in [0.05, 0.1) is 11.9 Å². The first-order chi connectivity index (χ1) is 11.1. The molecule has 1 aromatic heterocycles. The Morgan fingerprint density at radius 2 is 2.00 bits per heavy atom.